The molecule has 0 radical (unpaired) electrons. The number of aryl methyl sites for hydroxylation is 1. The Morgan fingerprint density at radius 1 is 1.00 bits per heavy atom. The zero-order chi connectivity index (χ0) is 14.4. The van der Waals surface area contributed by atoms with E-state index in [0.29, 0.717) is 0 Å². The minimum Gasteiger partial charge on any atom is -0.355 e. The number of nitrogens with one attached hydrogen (secondary N) is 1. The molecular weight excluding hydrogens is 256 g/mol. The van der Waals surface area contributed by atoms with Gasteiger partial charge in [0.15, 0.2) is 0 Å². The van der Waals surface area contributed by atoms with E-state index in [1.807, 2.05) is 18.2 Å². The largest absolute Gasteiger partial charge is 0.355 e. The summed E-state index contributed by atoms with van der Waals surface area (Å²) < 4.78 is 0. The van der Waals surface area contributed by atoms with Gasteiger partial charge in [0.1, 0.15) is 0 Å². The number of H-pyrrole nitrogens is 1. The highest BCUT2D eigenvalue weighted by Gasteiger charge is 2.14. The van der Waals surface area contributed by atoms with Crippen molar-refractivity contribution in [2.24, 2.45) is 0 Å². The Balaban J connectivity index is 2.01. The number of nitrogens with zero attached hydrogens (tertiary/aromatic N) is 1. The van der Waals surface area contributed by atoms with Crippen molar-refractivity contribution in [3.63, 3.8) is 0 Å². The van der Waals surface area contributed by atoms with Crippen molar-refractivity contribution in [1.82, 2.24) is 4.98 Å². The number of fused-ring (bicyclic) bond motifs is 3. The van der Waals surface area contributed by atoms with Gasteiger partial charge >= 0.3 is 0 Å². The quantitative estimate of drug-likeness (QED) is 0.658. The van der Waals surface area contributed by atoms with E-state index in [9.17, 15) is 0 Å². The van der Waals surface area contributed by atoms with Crippen LogP contribution in [-0.4, -0.2) is 4.98 Å². The molecule has 1 aliphatic heterocycles. The third-order valence-electron chi connectivity index (χ3n) is 4.11. The fraction of sp³-hybridized carbons (Fsp3) is 0.0526. The Bertz CT molecular complexity index is 925. The first kappa shape index (κ1) is 12.0. The minimum absolute atomic E-state index is 0.986. The van der Waals surface area contributed by atoms with E-state index in [0.717, 1.165) is 5.70 Å². The van der Waals surface area contributed by atoms with E-state index in [2.05, 4.69) is 66.0 Å². The maximum absolute atomic E-state index is 4.12. The molecule has 1 aliphatic rings. The SMILES string of the molecule is C=C1C=CC=CN1c1ccc2[nH]c3ccccc3c2c1C. The molecule has 2 nitrogen and oxygen atoms in total. The van der Waals surface area contributed by atoms with Crippen molar-refractivity contribution in [2.45, 2.75) is 6.92 Å². The molecule has 0 atom stereocenters. The minimum atomic E-state index is 0.986. The highest BCUT2D eigenvalue weighted by atomic mass is 15.1. The second kappa shape index (κ2) is 4.38. The molecule has 21 heavy (non-hydrogen) atoms. The van der Waals surface area contributed by atoms with Crippen molar-refractivity contribution < 1.29 is 0 Å². The highest BCUT2D eigenvalue weighted by molar-refractivity contribution is 6.10. The van der Waals surface area contributed by atoms with Gasteiger partial charge in [0, 0.05) is 39.4 Å². The van der Waals surface area contributed by atoms with E-state index in [-0.39, 0.29) is 0 Å². The number of benzene rings is 2. The van der Waals surface area contributed by atoms with Crippen LogP contribution in [0.3, 0.4) is 0 Å². The molecule has 0 aliphatic carbocycles. The number of hydrogen-bond donors (Lipinski definition) is 1. The molecule has 0 fully saturated rings. The molecule has 102 valence electrons. The summed E-state index contributed by atoms with van der Waals surface area (Å²) in [5.41, 5.74) is 5.80. The van der Waals surface area contributed by atoms with Crippen LogP contribution in [0.4, 0.5) is 5.69 Å². The van der Waals surface area contributed by atoms with Gasteiger partial charge in [-0.2, -0.15) is 0 Å². The second-order valence-electron chi connectivity index (χ2n) is 5.36. The lowest BCUT2D eigenvalue weighted by Gasteiger charge is -2.25. The first-order valence-electron chi connectivity index (χ1n) is 7.09. The molecule has 0 amide bonds. The summed E-state index contributed by atoms with van der Waals surface area (Å²) >= 11 is 0. The Labute approximate surface area is 123 Å². The Kier molecular flexibility index (Phi) is 2.51. The van der Waals surface area contributed by atoms with Crippen LogP contribution < -0.4 is 4.90 Å². The van der Waals surface area contributed by atoms with Crippen LogP contribution in [0.25, 0.3) is 21.8 Å². The molecule has 2 aromatic carbocycles. The summed E-state index contributed by atoms with van der Waals surface area (Å²) in [5.74, 6) is 0. The molecular formula is C19H16N2. The Hall–Kier alpha value is -2.74. The average Bonchev–Trinajstić information content (AvgIpc) is 2.88. The van der Waals surface area contributed by atoms with Crippen LogP contribution >= 0.6 is 0 Å². The van der Waals surface area contributed by atoms with E-state index < -0.39 is 0 Å². The molecule has 2 heterocycles. The zero-order valence-electron chi connectivity index (χ0n) is 11.9. The number of allylic oxidation sites excluding steroid dienone is 3. The molecule has 0 saturated carbocycles. The molecule has 1 aromatic heterocycles. The van der Waals surface area contributed by atoms with E-state index in [4.69, 9.17) is 0 Å². The number of rotatable bonds is 1. The summed E-state index contributed by atoms with van der Waals surface area (Å²) in [6.45, 7) is 6.30. The topological polar surface area (TPSA) is 19.0 Å². The van der Waals surface area contributed by atoms with Gasteiger partial charge in [-0.15, -0.1) is 0 Å². The van der Waals surface area contributed by atoms with E-state index in [1.54, 1.807) is 0 Å². The number of anilines is 1. The Morgan fingerprint density at radius 3 is 2.71 bits per heavy atom. The van der Waals surface area contributed by atoms with Crippen molar-refractivity contribution >= 4 is 27.5 Å². The monoisotopic (exact) mass is 272 g/mol. The second-order valence-corrected chi connectivity index (χ2v) is 5.36. The van der Waals surface area contributed by atoms with Gasteiger partial charge in [-0.05, 0) is 42.8 Å². The van der Waals surface area contributed by atoms with Crippen LogP contribution in [0.2, 0.25) is 0 Å². The third kappa shape index (κ3) is 1.73. The number of para-hydroxylation sites is 1. The first-order chi connectivity index (χ1) is 10.3. The molecule has 0 unspecified atom stereocenters. The number of hydrogen-bond acceptors (Lipinski definition) is 1. The molecule has 2 heteroatoms. The molecule has 0 bridgehead atoms. The smallest absolute Gasteiger partial charge is 0.0492 e. The first-order valence-corrected chi connectivity index (χ1v) is 7.09. The summed E-state index contributed by atoms with van der Waals surface area (Å²) in [6.07, 6.45) is 8.14. The van der Waals surface area contributed by atoms with Crippen molar-refractivity contribution in [3.05, 3.63) is 78.7 Å². The maximum Gasteiger partial charge on any atom is 0.0492 e. The van der Waals surface area contributed by atoms with Gasteiger partial charge in [0.05, 0.1) is 0 Å². The van der Waals surface area contributed by atoms with Crippen LogP contribution in [0.5, 0.6) is 0 Å². The van der Waals surface area contributed by atoms with Crippen molar-refractivity contribution in [2.75, 3.05) is 4.90 Å². The van der Waals surface area contributed by atoms with Crippen molar-refractivity contribution in [3.8, 4) is 0 Å². The van der Waals surface area contributed by atoms with Gasteiger partial charge in [0.25, 0.3) is 0 Å². The summed E-state index contributed by atoms with van der Waals surface area (Å²) in [5, 5.41) is 2.56. The molecule has 1 N–H and O–H groups in total. The third-order valence-corrected chi connectivity index (χ3v) is 4.11. The molecule has 3 aromatic rings. The van der Waals surface area contributed by atoms with Crippen molar-refractivity contribution in [1.29, 1.82) is 0 Å². The zero-order valence-corrected chi connectivity index (χ0v) is 11.9. The fourth-order valence-electron chi connectivity index (χ4n) is 3.08. The summed E-state index contributed by atoms with van der Waals surface area (Å²) in [6, 6.07) is 12.7. The van der Waals surface area contributed by atoms with Gasteiger partial charge < -0.3 is 9.88 Å². The molecule has 0 saturated heterocycles. The molecule has 0 spiro atoms. The van der Waals surface area contributed by atoms with Gasteiger partial charge in [0.2, 0.25) is 0 Å². The normalized spacial score (nSPS) is 14.5. The van der Waals surface area contributed by atoms with Crippen LogP contribution in [-0.2, 0) is 0 Å². The fourth-order valence-corrected chi connectivity index (χ4v) is 3.08. The lowest BCUT2D eigenvalue weighted by Crippen LogP contribution is -2.15. The maximum atomic E-state index is 4.12. The van der Waals surface area contributed by atoms with Crippen LogP contribution in [0.1, 0.15) is 5.56 Å². The van der Waals surface area contributed by atoms with Gasteiger partial charge in [-0.1, -0.05) is 30.9 Å². The predicted octanol–water partition coefficient (Wildman–Crippen LogP) is 5.03. The van der Waals surface area contributed by atoms with Crippen LogP contribution in [0.15, 0.2) is 73.1 Å². The summed E-state index contributed by atoms with van der Waals surface area (Å²) in [7, 11) is 0. The number of aromatic nitrogens is 1. The Morgan fingerprint density at radius 2 is 1.86 bits per heavy atom. The van der Waals surface area contributed by atoms with Gasteiger partial charge in [-0.25, -0.2) is 0 Å². The summed E-state index contributed by atoms with van der Waals surface area (Å²) in [4.78, 5) is 5.62. The van der Waals surface area contributed by atoms with Crippen LogP contribution in [0, 0.1) is 6.92 Å². The lowest BCUT2D eigenvalue weighted by molar-refractivity contribution is 1.18. The number of aromatic amines is 1. The van der Waals surface area contributed by atoms with E-state index >= 15 is 0 Å². The van der Waals surface area contributed by atoms with E-state index in [1.165, 1.54) is 33.1 Å². The van der Waals surface area contributed by atoms with Gasteiger partial charge in [-0.3, -0.25) is 0 Å². The standard InChI is InChI=1S/C19H16N2/c1-13-7-5-6-12-21(13)18-11-10-17-19(14(18)2)15-8-3-4-9-16(15)20-17/h3-12,20H,1H2,2H3. The lowest BCUT2D eigenvalue weighted by atomic mass is 10.0. The highest BCUT2D eigenvalue weighted by Crippen LogP contribution is 2.35. The average molecular weight is 272 g/mol. The molecule has 4 rings (SSSR count). The predicted molar refractivity (Wildman–Crippen MR) is 90.4 cm³/mol.